The van der Waals surface area contributed by atoms with E-state index in [9.17, 15) is 17.6 Å². The van der Waals surface area contributed by atoms with Gasteiger partial charge in [0.05, 0.1) is 17.8 Å². The lowest BCUT2D eigenvalue weighted by molar-refractivity contribution is -0.121. The number of halogens is 1. The van der Waals surface area contributed by atoms with Crippen LogP contribution in [-0.2, 0) is 26.0 Å². The van der Waals surface area contributed by atoms with E-state index < -0.39 is 15.8 Å². The Bertz CT molecular complexity index is 1160. The van der Waals surface area contributed by atoms with E-state index in [2.05, 4.69) is 5.32 Å². The summed E-state index contributed by atoms with van der Waals surface area (Å²) in [4.78, 5) is 12.3. The highest BCUT2D eigenvalue weighted by molar-refractivity contribution is 7.89. The van der Waals surface area contributed by atoms with Gasteiger partial charge < -0.3 is 10.1 Å². The molecule has 0 atom stereocenters. The van der Waals surface area contributed by atoms with Gasteiger partial charge in [0.1, 0.15) is 5.82 Å². The molecule has 0 bridgehead atoms. The monoisotopic (exact) mass is 514 g/mol. The van der Waals surface area contributed by atoms with Gasteiger partial charge in [0.25, 0.3) is 0 Å². The molecule has 0 spiro atoms. The highest BCUT2D eigenvalue weighted by atomic mass is 32.2. The summed E-state index contributed by atoms with van der Waals surface area (Å²) in [5, 5.41) is 2.92. The van der Waals surface area contributed by atoms with Crippen LogP contribution in [0.15, 0.2) is 83.0 Å². The Morgan fingerprint density at radius 2 is 1.78 bits per heavy atom. The van der Waals surface area contributed by atoms with Crippen LogP contribution in [-0.4, -0.2) is 45.4 Å². The number of nitrogens with zero attached hydrogens (tertiary/aromatic N) is 1. The smallest absolute Gasteiger partial charge is 0.243 e. The number of carbonyl (C=O) groups is 1. The molecule has 2 aromatic carbocycles. The fourth-order valence-electron chi connectivity index (χ4n) is 4.14. The van der Waals surface area contributed by atoms with E-state index in [4.69, 9.17) is 4.74 Å². The lowest BCUT2D eigenvalue weighted by atomic mass is 10.0. The van der Waals surface area contributed by atoms with Gasteiger partial charge in [-0.05, 0) is 61.9 Å². The molecule has 3 rings (SSSR count). The summed E-state index contributed by atoms with van der Waals surface area (Å²) in [5.41, 5.74) is 2.39. The van der Waals surface area contributed by atoms with Crippen molar-refractivity contribution in [2.45, 2.75) is 49.8 Å². The summed E-state index contributed by atoms with van der Waals surface area (Å²) in [7, 11) is -2.21. The molecule has 194 valence electrons. The third kappa shape index (κ3) is 8.60. The maximum absolute atomic E-state index is 13.7. The Hall–Kier alpha value is -2.97. The molecule has 1 aliphatic carbocycles. The Balaban J connectivity index is 1.51. The average molecular weight is 515 g/mol. The van der Waals surface area contributed by atoms with Crippen molar-refractivity contribution in [1.82, 2.24) is 9.62 Å². The number of hydrogen-bond donors (Lipinski definition) is 1. The van der Waals surface area contributed by atoms with Gasteiger partial charge in [-0.15, -0.1) is 0 Å². The summed E-state index contributed by atoms with van der Waals surface area (Å²) in [5.74, 6) is 0.262. The second-order valence-corrected chi connectivity index (χ2v) is 10.8. The standard InChI is InChI=1S/C28H35FN2O4S/c1-35-26-16-14-24(15-17-26)18-19-30-28(32)13-7-21-31(20-6-10-23-8-3-2-4-9-23)36(33,34)27-12-5-11-25(29)22-27/h2-5,8-9,11-12,14,16,22H,6-7,10,13,15,17-21H2,1H3,(H,30,32). The number of rotatable bonds is 14. The molecule has 0 saturated heterocycles. The van der Waals surface area contributed by atoms with Crippen LogP contribution in [0.1, 0.15) is 44.1 Å². The highest BCUT2D eigenvalue weighted by Gasteiger charge is 2.24. The van der Waals surface area contributed by atoms with E-state index in [1.807, 2.05) is 42.5 Å². The molecule has 8 heteroatoms. The van der Waals surface area contributed by atoms with E-state index >= 15 is 0 Å². The Morgan fingerprint density at radius 3 is 2.47 bits per heavy atom. The van der Waals surface area contributed by atoms with Crippen LogP contribution in [0.2, 0.25) is 0 Å². The van der Waals surface area contributed by atoms with Gasteiger partial charge in [0.2, 0.25) is 15.9 Å². The van der Waals surface area contributed by atoms with Crippen LogP contribution in [0.5, 0.6) is 0 Å². The van der Waals surface area contributed by atoms with Crippen LogP contribution in [0, 0.1) is 5.82 Å². The predicted molar refractivity (Wildman–Crippen MR) is 139 cm³/mol. The normalized spacial score (nSPS) is 13.8. The number of aryl methyl sites for hydroxylation is 1. The number of nitrogens with one attached hydrogen (secondary N) is 1. The van der Waals surface area contributed by atoms with Crippen molar-refractivity contribution in [1.29, 1.82) is 0 Å². The number of hydrogen-bond acceptors (Lipinski definition) is 4. The third-order valence-corrected chi connectivity index (χ3v) is 8.08. The molecule has 1 amide bonds. The number of benzene rings is 2. The number of allylic oxidation sites excluding steroid dienone is 3. The van der Waals surface area contributed by atoms with E-state index in [1.54, 1.807) is 7.11 Å². The molecule has 0 heterocycles. The van der Waals surface area contributed by atoms with Crippen molar-refractivity contribution in [2.24, 2.45) is 0 Å². The van der Waals surface area contributed by atoms with Gasteiger partial charge in [0.15, 0.2) is 0 Å². The molecule has 0 fully saturated rings. The first kappa shape index (κ1) is 27.6. The largest absolute Gasteiger partial charge is 0.501 e. The van der Waals surface area contributed by atoms with Crippen LogP contribution in [0.4, 0.5) is 4.39 Å². The first-order valence-corrected chi connectivity index (χ1v) is 13.8. The molecule has 0 aliphatic heterocycles. The molecule has 1 aliphatic rings. The van der Waals surface area contributed by atoms with Crippen molar-refractivity contribution >= 4 is 15.9 Å². The molecule has 2 aromatic rings. The maximum atomic E-state index is 13.7. The Morgan fingerprint density at radius 1 is 1.00 bits per heavy atom. The van der Waals surface area contributed by atoms with Crippen LogP contribution < -0.4 is 5.32 Å². The summed E-state index contributed by atoms with van der Waals surface area (Å²) < 4.78 is 46.8. The molecular formula is C28H35FN2O4S. The predicted octanol–water partition coefficient (Wildman–Crippen LogP) is 4.99. The summed E-state index contributed by atoms with van der Waals surface area (Å²) in [6.45, 7) is 1.03. The fourth-order valence-corrected chi connectivity index (χ4v) is 5.69. The molecule has 0 saturated carbocycles. The summed E-state index contributed by atoms with van der Waals surface area (Å²) in [6, 6.07) is 14.9. The van der Waals surface area contributed by atoms with Crippen LogP contribution in [0.3, 0.4) is 0 Å². The van der Waals surface area contributed by atoms with Crippen molar-refractivity contribution in [3.63, 3.8) is 0 Å². The van der Waals surface area contributed by atoms with Gasteiger partial charge in [-0.1, -0.05) is 48.0 Å². The van der Waals surface area contributed by atoms with E-state index in [0.717, 1.165) is 43.1 Å². The summed E-state index contributed by atoms with van der Waals surface area (Å²) >= 11 is 0. The SMILES string of the molecule is COC1=CC=C(CCNC(=O)CCCN(CCCc2ccccc2)S(=O)(=O)c2cccc(F)c2)CC1. The van der Waals surface area contributed by atoms with Gasteiger partial charge in [-0.3, -0.25) is 4.79 Å². The molecule has 0 aromatic heterocycles. The van der Waals surface area contributed by atoms with Crippen molar-refractivity contribution in [2.75, 3.05) is 26.7 Å². The molecule has 0 unspecified atom stereocenters. The summed E-state index contributed by atoms with van der Waals surface area (Å²) in [6.07, 6.45) is 8.53. The molecule has 1 N–H and O–H groups in total. The molecule has 0 radical (unpaired) electrons. The topological polar surface area (TPSA) is 75.7 Å². The number of ether oxygens (including phenoxy) is 1. The van der Waals surface area contributed by atoms with Crippen molar-refractivity contribution < 1.29 is 22.3 Å². The molecule has 36 heavy (non-hydrogen) atoms. The lowest BCUT2D eigenvalue weighted by Gasteiger charge is -2.22. The van der Waals surface area contributed by atoms with E-state index in [-0.39, 0.29) is 23.8 Å². The van der Waals surface area contributed by atoms with Gasteiger partial charge in [-0.25, -0.2) is 12.8 Å². The second kappa shape index (κ2) is 13.9. The number of amides is 1. The lowest BCUT2D eigenvalue weighted by Crippen LogP contribution is -2.34. The minimum absolute atomic E-state index is 0.0712. The second-order valence-electron chi connectivity index (χ2n) is 8.82. The zero-order chi connectivity index (χ0) is 25.8. The quantitative estimate of drug-likeness (QED) is 0.386. The average Bonchev–Trinajstić information content (AvgIpc) is 2.89. The first-order valence-electron chi connectivity index (χ1n) is 12.4. The molecule has 6 nitrogen and oxygen atoms in total. The zero-order valence-corrected chi connectivity index (χ0v) is 21.6. The highest BCUT2D eigenvalue weighted by Crippen LogP contribution is 2.21. The first-order chi connectivity index (χ1) is 17.4. The Kier molecular flexibility index (Phi) is 10.7. The van der Waals surface area contributed by atoms with Gasteiger partial charge in [-0.2, -0.15) is 4.31 Å². The van der Waals surface area contributed by atoms with E-state index in [0.29, 0.717) is 25.9 Å². The van der Waals surface area contributed by atoms with Gasteiger partial charge >= 0.3 is 0 Å². The van der Waals surface area contributed by atoms with Crippen molar-refractivity contribution in [3.8, 4) is 0 Å². The number of carbonyl (C=O) groups excluding carboxylic acids is 1. The molecular weight excluding hydrogens is 479 g/mol. The maximum Gasteiger partial charge on any atom is 0.243 e. The van der Waals surface area contributed by atoms with Gasteiger partial charge in [0, 0.05) is 32.5 Å². The Labute approximate surface area is 213 Å². The number of sulfonamides is 1. The zero-order valence-electron chi connectivity index (χ0n) is 20.8. The minimum atomic E-state index is -3.88. The van der Waals surface area contributed by atoms with Crippen LogP contribution >= 0.6 is 0 Å². The van der Waals surface area contributed by atoms with E-state index in [1.165, 1.54) is 28.1 Å². The minimum Gasteiger partial charge on any atom is -0.501 e. The fraction of sp³-hybridized carbons (Fsp3) is 0.393. The number of methoxy groups -OCH3 is 1. The third-order valence-electron chi connectivity index (χ3n) is 6.19. The van der Waals surface area contributed by atoms with Crippen LogP contribution in [0.25, 0.3) is 0 Å². The van der Waals surface area contributed by atoms with Crippen molar-refractivity contribution in [3.05, 3.63) is 89.5 Å².